The van der Waals surface area contributed by atoms with E-state index in [1.165, 1.54) is 0 Å². The van der Waals surface area contributed by atoms with Gasteiger partial charge in [-0.2, -0.15) is 4.98 Å². The van der Waals surface area contributed by atoms with Gasteiger partial charge < -0.3 is 10.5 Å². The molecule has 116 valence electrons. The molecule has 0 saturated heterocycles. The van der Waals surface area contributed by atoms with E-state index in [2.05, 4.69) is 4.98 Å². The number of hydrogen-bond acceptors (Lipinski definition) is 6. The molecule has 2 aliphatic heterocycles. The third kappa shape index (κ3) is 3.56. The summed E-state index contributed by atoms with van der Waals surface area (Å²) in [5.41, 5.74) is 7.07. The van der Waals surface area contributed by atoms with Crippen molar-refractivity contribution in [2.24, 2.45) is 0 Å². The van der Waals surface area contributed by atoms with Crippen LogP contribution in [0, 0.1) is 13.8 Å². The minimum absolute atomic E-state index is 0.264. The number of alkyl halides is 1. The molecule has 0 saturated carbocycles. The maximum absolute atomic E-state index is 11.9. The molecule has 0 aromatic rings. The number of thioether (sulfide) groups is 1. The molecule has 0 radical (unpaired) electrons. The molecule has 0 spiro atoms. The minimum atomic E-state index is -0.356. The number of imidazole rings is 1. The molecule has 0 aromatic heterocycles. The molecule has 0 amide bonds. The first-order valence-corrected chi connectivity index (χ1v) is 8.41. The molecule has 0 aliphatic carbocycles. The van der Waals surface area contributed by atoms with Gasteiger partial charge in [0.05, 0.1) is 17.5 Å². The molecule has 2 N–H and O–H groups in total. The largest absolute Gasteiger partial charge is 0.382 e. The van der Waals surface area contributed by atoms with E-state index in [4.69, 9.17) is 10.5 Å². The van der Waals surface area contributed by atoms with Crippen LogP contribution >= 0.6 is 23.1 Å². The Morgan fingerprint density at radius 2 is 2.19 bits per heavy atom. The van der Waals surface area contributed by atoms with Crippen LogP contribution in [0.3, 0.4) is 0 Å². The predicted octanol–water partition coefficient (Wildman–Crippen LogP) is 2.40. The van der Waals surface area contributed by atoms with Gasteiger partial charge in [0.25, 0.3) is 0 Å². The van der Waals surface area contributed by atoms with Gasteiger partial charge in [-0.05, 0) is 20.3 Å². The molecule has 0 fully saturated rings. The van der Waals surface area contributed by atoms with Crippen LogP contribution in [0.2, 0.25) is 0 Å². The van der Waals surface area contributed by atoms with Crippen molar-refractivity contribution in [1.82, 2.24) is 9.55 Å². The van der Waals surface area contributed by atoms with Gasteiger partial charge in [-0.1, -0.05) is 0 Å². The molecule has 2 heterocycles. The number of ether oxygens (including phenoxy) is 1. The summed E-state index contributed by atoms with van der Waals surface area (Å²) in [6.45, 7) is 4.47. The predicted molar refractivity (Wildman–Crippen MR) is 84.9 cm³/mol. The van der Waals surface area contributed by atoms with Crippen molar-refractivity contribution in [3.8, 4) is 5.69 Å². The first-order valence-electron chi connectivity index (χ1n) is 6.61. The zero-order valence-electron chi connectivity index (χ0n) is 12.0. The second-order valence-electron chi connectivity index (χ2n) is 4.50. The highest BCUT2D eigenvalue weighted by molar-refractivity contribution is 8.01. The number of fused-ring (bicyclic) bond motifs is 1. The highest BCUT2D eigenvalue weighted by Crippen LogP contribution is 2.36. The Kier molecular flexibility index (Phi) is 5.60. The Balaban J connectivity index is 2.13. The van der Waals surface area contributed by atoms with E-state index in [1.54, 1.807) is 27.7 Å². The second kappa shape index (κ2) is 7.24. The summed E-state index contributed by atoms with van der Waals surface area (Å²) in [6, 6.07) is 0. The Hall–Kier alpha value is -1.12. The van der Waals surface area contributed by atoms with Crippen LogP contribution < -0.4 is 11.4 Å². The Bertz CT molecular complexity index is 641. The van der Waals surface area contributed by atoms with Crippen LogP contribution in [0.1, 0.15) is 17.0 Å². The molecule has 0 aromatic carbocycles. The van der Waals surface area contributed by atoms with Crippen LogP contribution in [0.5, 0.6) is 0 Å². The van der Waals surface area contributed by atoms with E-state index in [0.717, 1.165) is 20.5 Å². The van der Waals surface area contributed by atoms with E-state index in [0.29, 0.717) is 25.3 Å². The van der Waals surface area contributed by atoms with Gasteiger partial charge in [0.1, 0.15) is 5.69 Å². The lowest BCUT2D eigenvalue weighted by Crippen LogP contribution is -2.17. The number of nitrogens with zero attached hydrogens (tertiary/aromatic N) is 2. The highest BCUT2D eigenvalue weighted by Gasteiger charge is 2.21. The molecule has 2 rings (SSSR count). The fourth-order valence-electron chi connectivity index (χ4n) is 1.89. The molecule has 0 atom stereocenters. The quantitative estimate of drug-likeness (QED) is 0.623. The summed E-state index contributed by atoms with van der Waals surface area (Å²) in [4.78, 5) is 16.8. The van der Waals surface area contributed by atoms with E-state index in [-0.39, 0.29) is 18.2 Å². The topological polar surface area (TPSA) is 70.1 Å². The molecule has 2 aliphatic rings. The van der Waals surface area contributed by atoms with Crippen LogP contribution in [-0.2, 0) is 4.74 Å². The number of nitrogen functional groups attached to an aromatic ring is 1. The maximum atomic E-state index is 11.9. The number of hydrogen-bond donors (Lipinski definition) is 1. The van der Waals surface area contributed by atoms with Gasteiger partial charge in [0, 0.05) is 22.9 Å². The molecular formula is C13H18FN3O2S2. The summed E-state index contributed by atoms with van der Waals surface area (Å²) in [5, 5.41) is 0. The second-order valence-corrected chi connectivity index (χ2v) is 7.09. The van der Waals surface area contributed by atoms with Crippen LogP contribution in [0.4, 0.5) is 10.2 Å². The van der Waals surface area contributed by atoms with Gasteiger partial charge in [-0.3, -0.25) is 8.96 Å². The van der Waals surface area contributed by atoms with E-state index >= 15 is 0 Å². The summed E-state index contributed by atoms with van der Waals surface area (Å²) in [6.07, 6.45) is 0.427. The van der Waals surface area contributed by atoms with E-state index in [9.17, 15) is 9.18 Å². The van der Waals surface area contributed by atoms with Gasteiger partial charge >= 0.3 is 5.69 Å². The third-order valence-corrected chi connectivity index (χ3v) is 5.45. The lowest BCUT2D eigenvalue weighted by Gasteiger charge is -2.14. The van der Waals surface area contributed by atoms with Gasteiger partial charge in [-0.15, -0.1) is 23.1 Å². The van der Waals surface area contributed by atoms with Crippen molar-refractivity contribution in [1.29, 1.82) is 0 Å². The number of anilines is 1. The lowest BCUT2D eigenvalue weighted by atomic mass is 10.4. The third-order valence-electron chi connectivity index (χ3n) is 3.04. The highest BCUT2D eigenvalue weighted by atomic mass is 32.2. The van der Waals surface area contributed by atoms with Crippen molar-refractivity contribution >= 4 is 28.9 Å². The monoisotopic (exact) mass is 331 g/mol. The normalized spacial score (nSPS) is 11.4. The Morgan fingerprint density at radius 1 is 1.43 bits per heavy atom. The molecule has 5 nitrogen and oxygen atoms in total. The van der Waals surface area contributed by atoms with Gasteiger partial charge in [0.15, 0.2) is 5.82 Å². The minimum Gasteiger partial charge on any atom is -0.382 e. The number of nitrogens with two attached hydrogens (primary N) is 1. The molecule has 0 unspecified atom stereocenters. The van der Waals surface area contributed by atoms with E-state index in [1.807, 2.05) is 13.8 Å². The van der Waals surface area contributed by atoms with Crippen molar-refractivity contribution in [2.75, 3.05) is 31.4 Å². The van der Waals surface area contributed by atoms with Crippen molar-refractivity contribution in [2.45, 2.75) is 24.5 Å². The van der Waals surface area contributed by atoms with Crippen LogP contribution in [0.15, 0.2) is 9.00 Å². The summed E-state index contributed by atoms with van der Waals surface area (Å²) in [7, 11) is 0. The average molecular weight is 331 g/mol. The van der Waals surface area contributed by atoms with Crippen molar-refractivity contribution in [3.63, 3.8) is 0 Å². The smallest absolute Gasteiger partial charge is 0.354 e. The van der Waals surface area contributed by atoms with Gasteiger partial charge in [-0.25, -0.2) is 4.79 Å². The number of aromatic nitrogens is 2. The number of aryl methyl sites for hydroxylation is 1. The Labute approximate surface area is 130 Å². The summed E-state index contributed by atoms with van der Waals surface area (Å²) >= 11 is 3.18. The fraction of sp³-hybridized carbons (Fsp3) is 0.538. The van der Waals surface area contributed by atoms with Crippen molar-refractivity contribution in [3.05, 3.63) is 21.1 Å². The maximum Gasteiger partial charge on any atom is 0.354 e. The van der Waals surface area contributed by atoms with Gasteiger partial charge in [0.2, 0.25) is 0 Å². The zero-order valence-corrected chi connectivity index (χ0v) is 13.7. The van der Waals surface area contributed by atoms with E-state index < -0.39 is 0 Å². The molecule has 0 bridgehead atoms. The molecular weight excluding hydrogens is 313 g/mol. The number of halogens is 1. The first kappa shape index (κ1) is 16.3. The summed E-state index contributed by atoms with van der Waals surface area (Å²) < 4.78 is 19.8. The average Bonchev–Trinajstić information content (AvgIpc) is 2.74. The number of rotatable bonds is 7. The Morgan fingerprint density at radius 3 is 2.90 bits per heavy atom. The van der Waals surface area contributed by atoms with Crippen molar-refractivity contribution < 1.29 is 9.13 Å². The SMILES string of the molecule is Cc1sc(SCCOCCCF)c2c(N)nc(=O)n-2c1C. The standard InChI is InChI=1S/C13H18FN3O2S2/c1-8-9(2)21-12(20-7-6-19-5-3-4-14)10-11(15)16-13(18)17(8)10/h3-7H2,1-2H3,(H2,15,16,18). The molecule has 21 heavy (non-hydrogen) atoms. The summed E-state index contributed by atoms with van der Waals surface area (Å²) in [5.74, 6) is 0.986. The molecule has 8 heteroatoms. The fourth-order valence-corrected chi connectivity index (χ4v) is 4.28. The first-order chi connectivity index (χ1) is 10.1. The van der Waals surface area contributed by atoms with Crippen LogP contribution in [0.25, 0.3) is 5.69 Å². The van der Waals surface area contributed by atoms with Crippen LogP contribution in [-0.4, -0.2) is 35.2 Å². The lowest BCUT2D eigenvalue weighted by molar-refractivity contribution is 0.141. The zero-order chi connectivity index (χ0) is 15.4.